The van der Waals surface area contributed by atoms with Crippen molar-refractivity contribution in [3.63, 3.8) is 0 Å². The maximum atomic E-state index is 3.95. The van der Waals surface area contributed by atoms with Crippen LogP contribution in [0.15, 0.2) is 12.7 Å². The molecule has 0 unspecified atom stereocenters. The van der Waals surface area contributed by atoms with Gasteiger partial charge in [0.05, 0.1) is 0 Å². The molecule has 0 aromatic rings. The summed E-state index contributed by atoms with van der Waals surface area (Å²) in [5, 5.41) is 0. The summed E-state index contributed by atoms with van der Waals surface area (Å²) in [5.74, 6) is 0.682. The van der Waals surface area contributed by atoms with Gasteiger partial charge in [0, 0.05) is 12.1 Å². The van der Waals surface area contributed by atoms with Crippen molar-refractivity contribution in [2.75, 3.05) is 13.1 Å². The fourth-order valence-corrected chi connectivity index (χ4v) is 2.38. The topological polar surface area (TPSA) is 3.24 Å². The molecule has 0 N–H and O–H groups in total. The molecule has 14 heavy (non-hydrogen) atoms. The van der Waals surface area contributed by atoms with Crippen LogP contribution < -0.4 is 0 Å². The highest BCUT2D eigenvalue weighted by Crippen LogP contribution is 2.37. The quantitative estimate of drug-likeness (QED) is 0.580. The lowest BCUT2D eigenvalue weighted by Gasteiger charge is -2.48. The summed E-state index contributed by atoms with van der Waals surface area (Å²) in [5.41, 5.74) is 0.691. The predicted molar refractivity (Wildman–Crippen MR) is 63.4 cm³/mol. The summed E-state index contributed by atoms with van der Waals surface area (Å²) >= 11 is 0. The molecule has 0 aromatic carbocycles. The Balaban J connectivity index is 2.72. The second-order valence-corrected chi connectivity index (χ2v) is 6.21. The van der Waals surface area contributed by atoms with E-state index >= 15 is 0 Å². The van der Waals surface area contributed by atoms with E-state index in [1.54, 1.807) is 0 Å². The van der Waals surface area contributed by atoms with Crippen LogP contribution in [0.4, 0.5) is 0 Å². The van der Waals surface area contributed by atoms with E-state index in [0.717, 1.165) is 0 Å². The molecule has 1 rings (SSSR count). The van der Waals surface area contributed by atoms with Crippen LogP contribution in [0.3, 0.4) is 0 Å². The first-order chi connectivity index (χ1) is 6.27. The second kappa shape index (κ2) is 3.69. The van der Waals surface area contributed by atoms with Crippen LogP contribution in [0.1, 0.15) is 41.0 Å². The first-order valence-corrected chi connectivity index (χ1v) is 5.65. The van der Waals surface area contributed by atoms with Gasteiger partial charge >= 0.3 is 0 Å². The molecule has 1 atom stereocenters. The molecular formula is C13H25N. The predicted octanol–water partition coefficient (Wildman–Crippen LogP) is 3.32. The standard InChI is InChI=1S/C13H25N/c1-7-11-8-9-14(12(2,3)4)10-13(11,5)6/h7,11H,1,8-10H2,2-6H3/t11-/m0/s1. The van der Waals surface area contributed by atoms with E-state index in [-0.39, 0.29) is 0 Å². The highest BCUT2D eigenvalue weighted by molar-refractivity contribution is 4.97. The number of rotatable bonds is 1. The van der Waals surface area contributed by atoms with Crippen molar-refractivity contribution in [1.82, 2.24) is 4.90 Å². The largest absolute Gasteiger partial charge is 0.298 e. The zero-order valence-corrected chi connectivity index (χ0v) is 10.4. The van der Waals surface area contributed by atoms with Crippen LogP contribution in [0.25, 0.3) is 0 Å². The molecule has 0 saturated carbocycles. The van der Waals surface area contributed by atoms with Gasteiger partial charge in [-0.15, -0.1) is 6.58 Å². The average molecular weight is 195 g/mol. The van der Waals surface area contributed by atoms with Gasteiger partial charge in [-0.2, -0.15) is 0 Å². The summed E-state index contributed by atoms with van der Waals surface area (Å²) in [6.45, 7) is 18.0. The zero-order chi connectivity index (χ0) is 11.0. The van der Waals surface area contributed by atoms with Crippen molar-refractivity contribution in [2.24, 2.45) is 11.3 Å². The lowest BCUT2D eigenvalue weighted by atomic mass is 9.73. The molecule has 82 valence electrons. The van der Waals surface area contributed by atoms with Gasteiger partial charge in [0.1, 0.15) is 0 Å². The fourth-order valence-electron chi connectivity index (χ4n) is 2.38. The summed E-state index contributed by atoms with van der Waals surface area (Å²) in [6, 6.07) is 0. The molecular weight excluding hydrogens is 170 g/mol. The van der Waals surface area contributed by atoms with Crippen LogP contribution in [-0.2, 0) is 0 Å². The summed E-state index contributed by atoms with van der Waals surface area (Å²) in [7, 11) is 0. The minimum Gasteiger partial charge on any atom is -0.298 e. The van der Waals surface area contributed by atoms with Gasteiger partial charge in [-0.05, 0) is 45.1 Å². The van der Waals surface area contributed by atoms with Crippen LogP contribution in [0.5, 0.6) is 0 Å². The van der Waals surface area contributed by atoms with Crippen LogP contribution in [0, 0.1) is 11.3 Å². The maximum absolute atomic E-state index is 3.95. The molecule has 1 heteroatoms. The van der Waals surface area contributed by atoms with Crippen LogP contribution in [-0.4, -0.2) is 23.5 Å². The van der Waals surface area contributed by atoms with Gasteiger partial charge in [-0.1, -0.05) is 19.9 Å². The Morgan fingerprint density at radius 1 is 1.36 bits per heavy atom. The molecule has 0 bridgehead atoms. The molecule has 0 amide bonds. The number of allylic oxidation sites excluding steroid dienone is 1. The monoisotopic (exact) mass is 195 g/mol. The lowest BCUT2D eigenvalue weighted by Crippen LogP contribution is -2.52. The third-order valence-electron chi connectivity index (χ3n) is 3.55. The maximum Gasteiger partial charge on any atom is 0.0125 e. The van der Waals surface area contributed by atoms with Gasteiger partial charge in [0.2, 0.25) is 0 Å². The van der Waals surface area contributed by atoms with Crippen molar-refractivity contribution in [2.45, 2.75) is 46.6 Å². The Labute approximate surface area is 89.2 Å². The Bertz CT molecular complexity index is 210. The Hall–Kier alpha value is -0.300. The highest BCUT2D eigenvalue weighted by Gasteiger charge is 2.37. The lowest BCUT2D eigenvalue weighted by molar-refractivity contribution is 0.0184. The van der Waals surface area contributed by atoms with Gasteiger partial charge in [0.15, 0.2) is 0 Å². The molecule has 1 aliphatic rings. The van der Waals surface area contributed by atoms with Gasteiger partial charge < -0.3 is 0 Å². The smallest absolute Gasteiger partial charge is 0.0125 e. The molecule has 1 saturated heterocycles. The molecule has 0 spiro atoms. The van der Waals surface area contributed by atoms with Crippen molar-refractivity contribution >= 4 is 0 Å². The van der Waals surface area contributed by atoms with Crippen molar-refractivity contribution in [3.8, 4) is 0 Å². The minimum atomic E-state index is 0.309. The van der Waals surface area contributed by atoms with Crippen LogP contribution in [0.2, 0.25) is 0 Å². The van der Waals surface area contributed by atoms with E-state index in [2.05, 4.69) is 52.2 Å². The summed E-state index contributed by atoms with van der Waals surface area (Å²) in [6.07, 6.45) is 3.40. The first-order valence-electron chi connectivity index (χ1n) is 5.65. The molecule has 0 radical (unpaired) electrons. The molecule has 1 aliphatic heterocycles. The number of likely N-dealkylation sites (tertiary alicyclic amines) is 1. The number of hydrogen-bond donors (Lipinski definition) is 0. The third-order valence-corrected chi connectivity index (χ3v) is 3.55. The number of hydrogen-bond acceptors (Lipinski definition) is 1. The summed E-state index contributed by atoms with van der Waals surface area (Å²) in [4.78, 5) is 2.59. The number of piperidine rings is 1. The average Bonchev–Trinajstić information content (AvgIpc) is 2.00. The zero-order valence-electron chi connectivity index (χ0n) is 10.4. The van der Waals surface area contributed by atoms with E-state index in [0.29, 0.717) is 16.9 Å². The molecule has 0 aromatic heterocycles. The van der Waals surface area contributed by atoms with Gasteiger partial charge in [-0.3, -0.25) is 4.90 Å². The minimum absolute atomic E-state index is 0.309. The molecule has 1 nitrogen and oxygen atoms in total. The Morgan fingerprint density at radius 3 is 2.29 bits per heavy atom. The van der Waals surface area contributed by atoms with Crippen molar-refractivity contribution < 1.29 is 0 Å². The van der Waals surface area contributed by atoms with E-state index in [1.807, 2.05) is 0 Å². The summed E-state index contributed by atoms with van der Waals surface area (Å²) < 4.78 is 0. The van der Waals surface area contributed by atoms with E-state index in [1.165, 1.54) is 19.5 Å². The second-order valence-electron chi connectivity index (χ2n) is 6.21. The first kappa shape index (κ1) is 11.8. The van der Waals surface area contributed by atoms with Crippen molar-refractivity contribution in [3.05, 3.63) is 12.7 Å². The Kier molecular flexibility index (Phi) is 3.10. The SMILES string of the molecule is C=C[C@H]1CCN(C(C)(C)C)CC1(C)C. The molecule has 1 heterocycles. The highest BCUT2D eigenvalue weighted by atomic mass is 15.2. The molecule has 1 fully saturated rings. The van der Waals surface area contributed by atoms with Gasteiger partial charge in [0.25, 0.3) is 0 Å². The number of nitrogens with zero attached hydrogens (tertiary/aromatic N) is 1. The van der Waals surface area contributed by atoms with E-state index in [9.17, 15) is 0 Å². The van der Waals surface area contributed by atoms with Gasteiger partial charge in [-0.25, -0.2) is 0 Å². The van der Waals surface area contributed by atoms with E-state index < -0.39 is 0 Å². The van der Waals surface area contributed by atoms with E-state index in [4.69, 9.17) is 0 Å². The normalized spacial score (nSPS) is 28.8. The van der Waals surface area contributed by atoms with Crippen LogP contribution >= 0.6 is 0 Å². The third kappa shape index (κ3) is 2.38. The fraction of sp³-hybridized carbons (Fsp3) is 0.846. The Morgan fingerprint density at radius 2 is 1.93 bits per heavy atom. The van der Waals surface area contributed by atoms with Crippen molar-refractivity contribution in [1.29, 1.82) is 0 Å². The molecule has 0 aliphatic carbocycles.